The highest BCUT2D eigenvalue weighted by atomic mass is 35.5. The molecule has 4 nitrogen and oxygen atoms in total. The Morgan fingerprint density at radius 3 is 2.48 bits per heavy atom. The number of rotatable bonds is 3. The van der Waals surface area contributed by atoms with Crippen molar-refractivity contribution < 1.29 is 8.42 Å². The maximum absolute atomic E-state index is 13.2. The third kappa shape index (κ3) is 2.65. The van der Waals surface area contributed by atoms with Gasteiger partial charge in [0, 0.05) is 6.04 Å². The third-order valence-electron chi connectivity index (χ3n) is 3.84. The molecular weight excluding hydrogens is 332 g/mol. The minimum Gasteiger partial charge on any atom is -0.323 e. The van der Waals surface area contributed by atoms with Gasteiger partial charge in [0.1, 0.15) is 4.90 Å². The first-order valence-corrected chi connectivity index (χ1v) is 9.14. The molecule has 0 aromatic heterocycles. The van der Waals surface area contributed by atoms with Crippen LogP contribution < -0.4 is 10.0 Å². The molecular formula is C17H17ClN2O2S. The van der Waals surface area contributed by atoms with Gasteiger partial charge in [0.2, 0.25) is 0 Å². The zero-order valence-electron chi connectivity index (χ0n) is 12.6. The average Bonchev–Trinajstić information content (AvgIpc) is 2.53. The topological polar surface area (TPSA) is 63.4 Å². The Morgan fingerprint density at radius 1 is 1.13 bits per heavy atom. The Bertz CT molecular complexity index is 863. The van der Waals surface area contributed by atoms with Gasteiger partial charge in [-0.2, -0.15) is 0 Å². The average molecular weight is 349 g/mol. The molecule has 0 saturated carbocycles. The predicted molar refractivity (Wildman–Crippen MR) is 93.8 cm³/mol. The van der Waals surface area contributed by atoms with Crippen LogP contribution >= 0.6 is 11.6 Å². The van der Waals surface area contributed by atoms with E-state index in [1.807, 2.05) is 19.1 Å². The molecule has 23 heavy (non-hydrogen) atoms. The molecule has 1 aliphatic rings. The summed E-state index contributed by atoms with van der Waals surface area (Å²) in [4.78, 5) is 0.123. The Hall–Kier alpha value is -1.82. The predicted octanol–water partition coefficient (Wildman–Crippen LogP) is 3.63. The van der Waals surface area contributed by atoms with Gasteiger partial charge in [-0.25, -0.2) is 12.7 Å². The number of hydrogen-bond acceptors (Lipinski definition) is 3. The van der Waals surface area contributed by atoms with Crippen molar-refractivity contribution >= 4 is 33.4 Å². The van der Waals surface area contributed by atoms with Crippen molar-refractivity contribution in [3.8, 4) is 0 Å². The van der Waals surface area contributed by atoms with Gasteiger partial charge in [-0.15, -0.1) is 0 Å². The van der Waals surface area contributed by atoms with Gasteiger partial charge in [-0.1, -0.05) is 48.9 Å². The van der Waals surface area contributed by atoms with Crippen LogP contribution in [0, 0.1) is 0 Å². The van der Waals surface area contributed by atoms with Crippen molar-refractivity contribution in [3.63, 3.8) is 0 Å². The molecule has 0 fully saturated rings. The van der Waals surface area contributed by atoms with E-state index in [-0.39, 0.29) is 9.92 Å². The van der Waals surface area contributed by atoms with E-state index in [0.717, 1.165) is 0 Å². The van der Waals surface area contributed by atoms with Crippen LogP contribution in [0.3, 0.4) is 0 Å². The number of hydrogen-bond donors (Lipinski definition) is 1. The van der Waals surface area contributed by atoms with E-state index in [1.165, 1.54) is 4.31 Å². The summed E-state index contributed by atoms with van der Waals surface area (Å²) in [5, 5.41) is 0.212. The van der Waals surface area contributed by atoms with E-state index in [4.69, 9.17) is 17.3 Å². The summed E-state index contributed by atoms with van der Waals surface area (Å²) in [7, 11) is -3.82. The fraction of sp³-hybridized carbons (Fsp3) is 0.176. The summed E-state index contributed by atoms with van der Waals surface area (Å²) in [5.41, 5.74) is 7.86. The third-order valence-corrected chi connectivity index (χ3v) is 6.14. The molecule has 1 atom stereocenters. The minimum absolute atomic E-state index is 0.123. The second-order valence-electron chi connectivity index (χ2n) is 5.35. The lowest BCUT2D eigenvalue weighted by Crippen LogP contribution is -2.41. The summed E-state index contributed by atoms with van der Waals surface area (Å²) in [5.74, 6) is 0. The number of anilines is 1. The highest BCUT2D eigenvalue weighted by Crippen LogP contribution is 2.39. The van der Waals surface area contributed by atoms with E-state index in [1.54, 1.807) is 42.5 Å². The largest absolute Gasteiger partial charge is 0.323 e. The molecule has 3 rings (SSSR count). The molecule has 2 aromatic rings. The van der Waals surface area contributed by atoms with Crippen molar-refractivity contribution in [1.82, 2.24) is 0 Å². The van der Waals surface area contributed by atoms with Crippen LogP contribution in [0.2, 0.25) is 5.02 Å². The molecule has 1 heterocycles. The van der Waals surface area contributed by atoms with Crippen LogP contribution in [0.15, 0.2) is 59.1 Å². The maximum Gasteiger partial charge on any atom is 0.270 e. The van der Waals surface area contributed by atoms with Gasteiger partial charge in [0.25, 0.3) is 10.0 Å². The molecule has 2 N–H and O–H groups in total. The Balaban J connectivity index is 2.32. The van der Waals surface area contributed by atoms with Gasteiger partial charge in [-0.05, 0) is 36.3 Å². The molecule has 0 radical (unpaired) electrons. The second kappa shape index (κ2) is 6.00. The number of nitrogens with zero attached hydrogens (tertiary/aromatic N) is 1. The van der Waals surface area contributed by atoms with E-state index in [0.29, 0.717) is 23.4 Å². The van der Waals surface area contributed by atoms with Crippen molar-refractivity contribution in [2.75, 3.05) is 4.31 Å². The Labute approximate surface area is 141 Å². The van der Waals surface area contributed by atoms with Crippen LogP contribution in [-0.2, 0) is 10.0 Å². The van der Waals surface area contributed by atoms with E-state index in [2.05, 4.69) is 0 Å². The van der Waals surface area contributed by atoms with Gasteiger partial charge in [-0.3, -0.25) is 0 Å². The zero-order valence-corrected chi connectivity index (χ0v) is 14.2. The number of sulfonamides is 1. The SMILES string of the molecule is CC[C@H](N)C1=Cc2cccc(Cl)c2S(=O)(=O)N1c1ccccc1. The van der Waals surface area contributed by atoms with Crippen molar-refractivity contribution in [3.05, 3.63) is 64.8 Å². The van der Waals surface area contributed by atoms with Crippen molar-refractivity contribution in [2.24, 2.45) is 5.73 Å². The monoisotopic (exact) mass is 348 g/mol. The van der Waals surface area contributed by atoms with E-state index in [9.17, 15) is 8.42 Å². The molecule has 0 aliphatic carbocycles. The van der Waals surface area contributed by atoms with E-state index >= 15 is 0 Å². The lowest BCUT2D eigenvalue weighted by atomic mass is 10.1. The number of nitrogens with two attached hydrogens (primary N) is 1. The summed E-state index contributed by atoms with van der Waals surface area (Å²) in [6, 6.07) is 13.6. The van der Waals surface area contributed by atoms with Crippen LogP contribution in [0.4, 0.5) is 5.69 Å². The van der Waals surface area contributed by atoms with Crippen molar-refractivity contribution in [1.29, 1.82) is 0 Å². The summed E-state index contributed by atoms with van der Waals surface area (Å²) in [6.07, 6.45) is 2.43. The second-order valence-corrected chi connectivity index (χ2v) is 7.48. The normalized spacial score (nSPS) is 17.3. The van der Waals surface area contributed by atoms with Crippen LogP contribution in [0.25, 0.3) is 6.08 Å². The maximum atomic E-state index is 13.2. The first-order valence-electron chi connectivity index (χ1n) is 7.33. The van der Waals surface area contributed by atoms with Gasteiger partial charge in [0.05, 0.1) is 16.4 Å². The Kier molecular flexibility index (Phi) is 4.19. The molecule has 0 bridgehead atoms. The summed E-state index contributed by atoms with van der Waals surface area (Å²) in [6.45, 7) is 1.93. The standard InChI is InChI=1S/C17H17ClN2O2S/c1-2-15(19)16-11-12-7-6-10-14(18)17(12)23(21,22)20(16)13-8-4-3-5-9-13/h3-11,15H,2,19H2,1H3/t15-/m0/s1. The zero-order chi connectivity index (χ0) is 16.6. The first kappa shape index (κ1) is 16.1. The summed E-state index contributed by atoms with van der Waals surface area (Å²) >= 11 is 6.17. The molecule has 0 unspecified atom stereocenters. The van der Waals surface area contributed by atoms with Crippen LogP contribution in [0.5, 0.6) is 0 Å². The first-order chi connectivity index (χ1) is 11.0. The molecule has 2 aromatic carbocycles. The number of fused-ring (bicyclic) bond motifs is 1. The van der Waals surface area contributed by atoms with Crippen LogP contribution in [-0.4, -0.2) is 14.5 Å². The van der Waals surface area contributed by atoms with Gasteiger partial charge >= 0.3 is 0 Å². The smallest absolute Gasteiger partial charge is 0.270 e. The highest BCUT2D eigenvalue weighted by Gasteiger charge is 2.37. The molecule has 6 heteroatoms. The molecule has 1 aliphatic heterocycles. The van der Waals surface area contributed by atoms with Gasteiger partial charge < -0.3 is 5.73 Å². The number of benzene rings is 2. The summed E-state index contributed by atoms with van der Waals surface area (Å²) < 4.78 is 27.7. The highest BCUT2D eigenvalue weighted by molar-refractivity contribution is 7.93. The quantitative estimate of drug-likeness (QED) is 0.921. The number of halogens is 1. The minimum atomic E-state index is -3.82. The molecule has 0 amide bonds. The lowest BCUT2D eigenvalue weighted by molar-refractivity contribution is 0.589. The van der Waals surface area contributed by atoms with Gasteiger partial charge in [0.15, 0.2) is 0 Å². The van der Waals surface area contributed by atoms with Crippen molar-refractivity contribution in [2.45, 2.75) is 24.3 Å². The van der Waals surface area contributed by atoms with Crippen LogP contribution in [0.1, 0.15) is 18.9 Å². The molecule has 0 saturated heterocycles. The fourth-order valence-corrected chi connectivity index (χ4v) is 4.94. The molecule has 120 valence electrons. The number of para-hydroxylation sites is 1. The Morgan fingerprint density at radius 2 is 1.83 bits per heavy atom. The molecule has 0 spiro atoms. The fourth-order valence-electron chi connectivity index (χ4n) is 2.68. The van der Waals surface area contributed by atoms with E-state index < -0.39 is 16.1 Å². The lowest BCUT2D eigenvalue weighted by Gasteiger charge is -2.34.